The third-order valence-electron chi connectivity index (χ3n) is 4.50. The van der Waals surface area contributed by atoms with Gasteiger partial charge in [0.05, 0.1) is 20.3 Å². The van der Waals surface area contributed by atoms with Crippen molar-refractivity contribution in [1.82, 2.24) is 4.72 Å². The van der Waals surface area contributed by atoms with Gasteiger partial charge in [-0.15, -0.1) is 0 Å². The minimum atomic E-state index is -3.71. The van der Waals surface area contributed by atoms with Gasteiger partial charge in [0.25, 0.3) is 0 Å². The lowest BCUT2D eigenvalue weighted by Gasteiger charge is -2.14. The highest BCUT2D eigenvalue weighted by molar-refractivity contribution is 7.89. The molecule has 132 valence electrons. The number of sulfonamides is 1. The van der Waals surface area contributed by atoms with Crippen LogP contribution in [0.4, 0.5) is 0 Å². The highest BCUT2D eigenvalue weighted by Crippen LogP contribution is 2.43. The zero-order chi connectivity index (χ0) is 17.4. The summed E-state index contributed by atoms with van der Waals surface area (Å²) >= 11 is 0. The van der Waals surface area contributed by atoms with E-state index in [9.17, 15) is 8.42 Å². The van der Waals surface area contributed by atoms with Crippen molar-refractivity contribution in [2.45, 2.75) is 24.3 Å². The Hall–Kier alpha value is -2.25. The van der Waals surface area contributed by atoms with Crippen LogP contribution in [0.3, 0.4) is 0 Å². The van der Waals surface area contributed by atoms with E-state index in [0.717, 1.165) is 16.9 Å². The molecule has 0 spiro atoms. The molecule has 4 rings (SSSR count). The number of ether oxygens (including phenoxy) is 3. The Labute approximate surface area is 146 Å². The molecule has 0 bridgehead atoms. The molecule has 0 unspecified atom stereocenters. The van der Waals surface area contributed by atoms with Gasteiger partial charge >= 0.3 is 0 Å². The molecule has 1 N–H and O–H groups in total. The molecular formula is C18H19NO5S. The molecule has 25 heavy (non-hydrogen) atoms. The van der Waals surface area contributed by atoms with Crippen molar-refractivity contribution in [3.05, 3.63) is 47.0 Å². The number of fused-ring (bicyclic) bond motifs is 2. The van der Waals surface area contributed by atoms with E-state index in [2.05, 4.69) is 4.72 Å². The van der Waals surface area contributed by atoms with E-state index in [1.54, 1.807) is 19.2 Å². The number of methoxy groups -OCH3 is 1. The van der Waals surface area contributed by atoms with Crippen molar-refractivity contribution in [1.29, 1.82) is 0 Å². The molecule has 6 nitrogen and oxygen atoms in total. The molecule has 2 aliphatic rings. The maximum Gasteiger partial charge on any atom is 0.244 e. The molecule has 2 heterocycles. The van der Waals surface area contributed by atoms with Gasteiger partial charge in [-0.2, -0.15) is 0 Å². The summed E-state index contributed by atoms with van der Waals surface area (Å²) in [6, 6.07) is 9.19. The van der Waals surface area contributed by atoms with Crippen LogP contribution in [0.1, 0.15) is 16.7 Å². The van der Waals surface area contributed by atoms with E-state index in [1.807, 2.05) is 18.2 Å². The Morgan fingerprint density at radius 1 is 1.12 bits per heavy atom. The Bertz CT molecular complexity index is 874. The van der Waals surface area contributed by atoms with Crippen LogP contribution in [0.2, 0.25) is 0 Å². The summed E-state index contributed by atoms with van der Waals surface area (Å²) in [6.45, 7) is 1.20. The lowest BCUT2D eigenvalue weighted by atomic mass is 10.1. The Morgan fingerprint density at radius 3 is 2.64 bits per heavy atom. The normalized spacial score (nSPS) is 15.2. The van der Waals surface area contributed by atoms with Crippen LogP contribution in [0, 0.1) is 0 Å². The van der Waals surface area contributed by atoms with Crippen LogP contribution in [0.15, 0.2) is 35.2 Å². The van der Waals surface area contributed by atoms with Crippen molar-refractivity contribution in [2.24, 2.45) is 0 Å². The number of hydrogen-bond donors (Lipinski definition) is 1. The smallest absolute Gasteiger partial charge is 0.244 e. The van der Waals surface area contributed by atoms with Gasteiger partial charge in [0.15, 0.2) is 0 Å². The highest BCUT2D eigenvalue weighted by Gasteiger charge is 2.33. The Kier molecular flexibility index (Phi) is 4.05. The predicted molar refractivity (Wildman–Crippen MR) is 91.9 cm³/mol. The van der Waals surface area contributed by atoms with Crippen LogP contribution in [0.25, 0.3) is 0 Å². The molecule has 2 aromatic carbocycles. The van der Waals surface area contributed by atoms with Gasteiger partial charge in [0.2, 0.25) is 10.0 Å². The monoisotopic (exact) mass is 361 g/mol. The lowest BCUT2D eigenvalue weighted by Crippen LogP contribution is -2.24. The van der Waals surface area contributed by atoms with Gasteiger partial charge in [0.1, 0.15) is 22.1 Å². The first-order valence-corrected chi connectivity index (χ1v) is 9.64. The molecule has 2 aromatic rings. The fourth-order valence-electron chi connectivity index (χ4n) is 3.22. The molecular weight excluding hydrogens is 342 g/mol. The second-order valence-electron chi connectivity index (χ2n) is 6.04. The van der Waals surface area contributed by atoms with Crippen LogP contribution in [-0.4, -0.2) is 28.7 Å². The number of rotatable bonds is 5. The van der Waals surface area contributed by atoms with E-state index in [4.69, 9.17) is 14.2 Å². The fraction of sp³-hybridized carbons (Fsp3) is 0.333. The second-order valence-corrected chi connectivity index (χ2v) is 7.74. The summed E-state index contributed by atoms with van der Waals surface area (Å²) in [5.41, 5.74) is 2.46. The number of nitrogens with one attached hydrogen (secondary N) is 1. The van der Waals surface area contributed by atoms with E-state index in [0.29, 0.717) is 43.1 Å². The van der Waals surface area contributed by atoms with E-state index in [1.165, 1.54) is 0 Å². The fourth-order valence-corrected chi connectivity index (χ4v) is 4.68. The molecule has 0 aliphatic carbocycles. The molecule has 7 heteroatoms. The first kappa shape index (κ1) is 16.2. The van der Waals surface area contributed by atoms with Crippen molar-refractivity contribution in [3.63, 3.8) is 0 Å². The molecule has 2 aliphatic heterocycles. The summed E-state index contributed by atoms with van der Waals surface area (Å²) in [5, 5.41) is 0. The van der Waals surface area contributed by atoms with E-state index >= 15 is 0 Å². The molecule has 0 saturated carbocycles. The van der Waals surface area contributed by atoms with Crippen LogP contribution in [0.5, 0.6) is 17.2 Å². The maximum atomic E-state index is 13.0. The van der Waals surface area contributed by atoms with Gasteiger partial charge in [0, 0.05) is 30.5 Å². The molecule has 0 saturated heterocycles. The van der Waals surface area contributed by atoms with Crippen LogP contribution < -0.4 is 18.9 Å². The van der Waals surface area contributed by atoms with Gasteiger partial charge in [-0.25, -0.2) is 13.1 Å². The first-order chi connectivity index (χ1) is 12.1. The topological polar surface area (TPSA) is 73.9 Å². The minimum absolute atomic E-state index is 0.200. The van der Waals surface area contributed by atoms with E-state index < -0.39 is 10.0 Å². The van der Waals surface area contributed by atoms with E-state index in [-0.39, 0.29) is 11.4 Å². The van der Waals surface area contributed by atoms with Gasteiger partial charge in [-0.05, 0) is 23.8 Å². The Balaban J connectivity index is 1.64. The average Bonchev–Trinajstić information content (AvgIpc) is 3.26. The van der Waals surface area contributed by atoms with Crippen molar-refractivity contribution in [2.75, 3.05) is 20.3 Å². The quantitative estimate of drug-likeness (QED) is 0.882. The molecule has 0 atom stereocenters. The predicted octanol–water partition coefficient (Wildman–Crippen LogP) is 2.04. The number of hydrogen-bond acceptors (Lipinski definition) is 5. The van der Waals surface area contributed by atoms with Crippen molar-refractivity contribution < 1.29 is 22.6 Å². The first-order valence-electron chi connectivity index (χ1n) is 8.15. The highest BCUT2D eigenvalue weighted by atomic mass is 32.2. The summed E-state index contributed by atoms with van der Waals surface area (Å²) in [6.07, 6.45) is 1.28. The average molecular weight is 361 g/mol. The summed E-state index contributed by atoms with van der Waals surface area (Å²) in [7, 11) is -2.12. The molecule has 0 fully saturated rings. The molecule has 0 radical (unpaired) electrons. The van der Waals surface area contributed by atoms with Crippen molar-refractivity contribution >= 4 is 10.0 Å². The van der Waals surface area contributed by atoms with Crippen molar-refractivity contribution in [3.8, 4) is 17.2 Å². The zero-order valence-electron chi connectivity index (χ0n) is 13.9. The third-order valence-corrected chi connectivity index (χ3v) is 5.99. The molecule has 0 amide bonds. The van der Waals surface area contributed by atoms with Crippen LogP contribution in [-0.2, 0) is 29.4 Å². The Morgan fingerprint density at radius 2 is 1.88 bits per heavy atom. The molecule has 0 aromatic heterocycles. The van der Waals surface area contributed by atoms with Gasteiger partial charge in [-0.3, -0.25) is 0 Å². The largest absolute Gasteiger partial charge is 0.497 e. The van der Waals surface area contributed by atoms with Gasteiger partial charge in [-0.1, -0.05) is 12.1 Å². The summed E-state index contributed by atoms with van der Waals surface area (Å²) in [4.78, 5) is 0.239. The zero-order valence-corrected chi connectivity index (χ0v) is 14.7. The number of benzene rings is 2. The SMILES string of the molecule is COc1ccc(CNS(=O)(=O)c2c3c(cc4c2OCC4)OCC3)cc1. The summed E-state index contributed by atoms with van der Waals surface area (Å²) in [5.74, 6) is 1.87. The van der Waals surface area contributed by atoms with Crippen LogP contribution >= 0.6 is 0 Å². The lowest BCUT2D eigenvalue weighted by molar-refractivity contribution is 0.347. The summed E-state index contributed by atoms with van der Waals surface area (Å²) < 4.78 is 45.0. The maximum absolute atomic E-state index is 13.0. The minimum Gasteiger partial charge on any atom is -0.497 e. The standard InChI is InChI=1S/C18H19NO5S/c1-22-14-4-2-12(3-5-14)11-19-25(20,21)18-15-7-9-23-16(15)10-13-6-8-24-17(13)18/h2-5,10,19H,6-9,11H2,1H3. The second kappa shape index (κ2) is 6.24. The van der Waals surface area contributed by atoms with Gasteiger partial charge < -0.3 is 14.2 Å². The third kappa shape index (κ3) is 2.94.